The number of thiocarbonyl (C=S) groups is 1. The van der Waals surface area contributed by atoms with E-state index in [1.807, 2.05) is 48.5 Å². The first kappa shape index (κ1) is 24.3. The van der Waals surface area contributed by atoms with Gasteiger partial charge in [-0.25, -0.2) is 0 Å². The zero-order chi connectivity index (χ0) is 23.5. The third-order valence-corrected chi connectivity index (χ3v) is 5.11. The van der Waals surface area contributed by atoms with Crippen LogP contribution in [0.1, 0.15) is 36.2 Å². The van der Waals surface area contributed by atoms with Gasteiger partial charge in [0.25, 0.3) is 5.91 Å². The van der Waals surface area contributed by atoms with Crippen LogP contribution in [0.25, 0.3) is 0 Å². The molecule has 1 amide bonds. The average Bonchev–Trinajstić information content (AvgIpc) is 2.80. The molecule has 3 rings (SSSR count). The number of benzene rings is 3. The lowest BCUT2D eigenvalue weighted by atomic mass is 10.1. The molecule has 0 unspecified atom stereocenters. The minimum Gasteiger partial charge on any atom is -0.493 e. The quantitative estimate of drug-likeness (QED) is 0.370. The third-order valence-electron chi connectivity index (χ3n) is 4.91. The maximum Gasteiger partial charge on any atom is 0.261 e. The molecule has 0 radical (unpaired) electrons. The van der Waals surface area contributed by atoms with Crippen LogP contribution in [0.2, 0.25) is 0 Å². The Morgan fingerprint density at radius 3 is 2.45 bits per heavy atom. The fourth-order valence-corrected chi connectivity index (χ4v) is 3.32. The summed E-state index contributed by atoms with van der Waals surface area (Å²) in [6, 6.07) is 24.9. The minimum atomic E-state index is -0.317. The second-order valence-corrected chi connectivity index (χ2v) is 8.46. The van der Waals surface area contributed by atoms with E-state index in [0.717, 1.165) is 24.3 Å². The lowest BCUT2D eigenvalue weighted by molar-refractivity contribution is 0.0973. The third kappa shape index (κ3) is 8.24. The van der Waals surface area contributed by atoms with Gasteiger partial charge in [-0.15, -0.1) is 0 Å². The Morgan fingerprint density at radius 2 is 1.67 bits per heavy atom. The zero-order valence-corrected chi connectivity index (χ0v) is 19.9. The van der Waals surface area contributed by atoms with Gasteiger partial charge >= 0.3 is 0 Å². The highest BCUT2D eigenvalue weighted by molar-refractivity contribution is 7.80. The van der Waals surface area contributed by atoms with Crippen LogP contribution in [0.5, 0.6) is 11.5 Å². The second-order valence-electron chi connectivity index (χ2n) is 8.05. The van der Waals surface area contributed by atoms with Gasteiger partial charge in [-0.3, -0.25) is 10.1 Å². The van der Waals surface area contributed by atoms with E-state index in [4.69, 9.17) is 21.7 Å². The molecule has 0 aromatic heterocycles. The molecule has 33 heavy (non-hydrogen) atoms. The summed E-state index contributed by atoms with van der Waals surface area (Å²) in [5, 5.41) is 5.98. The van der Waals surface area contributed by atoms with Crippen molar-refractivity contribution in [3.8, 4) is 11.5 Å². The smallest absolute Gasteiger partial charge is 0.261 e. The van der Waals surface area contributed by atoms with Crippen LogP contribution in [-0.4, -0.2) is 24.2 Å². The summed E-state index contributed by atoms with van der Waals surface area (Å²) < 4.78 is 11.7. The number of ether oxygens (including phenoxy) is 2. The standard InChI is InChI=1S/C27H30N2O3S/c1-20(2)15-17-32-25-14-7-6-13-24(25)26(30)29-27(33)28-22-11-8-12-23(19-22)31-18-16-21-9-4-3-5-10-21/h3-14,19-20H,15-18H2,1-2H3,(H2,28,29,30,33). The lowest BCUT2D eigenvalue weighted by Crippen LogP contribution is -2.34. The van der Waals surface area contributed by atoms with E-state index in [9.17, 15) is 4.79 Å². The van der Waals surface area contributed by atoms with Crippen LogP contribution in [0.3, 0.4) is 0 Å². The summed E-state index contributed by atoms with van der Waals surface area (Å²) in [5.41, 5.74) is 2.41. The van der Waals surface area contributed by atoms with Gasteiger partial charge in [0.15, 0.2) is 5.11 Å². The molecule has 0 aliphatic rings. The van der Waals surface area contributed by atoms with E-state index in [1.165, 1.54) is 5.56 Å². The molecular formula is C27H30N2O3S. The Bertz CT molecular complexity index is 1050. The van der Waals surface area contributed by atoms with E-state index >= 15 is 0 Å². The number of amides is 1. The van der Waals surface area contributed by atoms with Gasteiger partial charge in [-0.05, 0) is 54.4 Å². The number of carbonyl (C=O) groups excluding carboxylic acids is 1. The summed E-state index contributed by atoms with van der Waals surface area (Å²) in [6.07, 6.45) is 1.74. The number of nitrogens with one attached hydrogen (secondary N) is 2. The summed E-state index contributed by atoms with van der Waals surface area (Å²) >= 11 is 5.35. The number of rotatable bonds is 10. The number of carbonyl (C=O) groups is 1. The maximum absolute atomic E-state index is 12.8. The Balaban J connectivity index is 1.52. The molecule has 3 aromatic carbocycles. The molecule has 0 atom stereocenters. The van der Waals surface area contributed by atoms with Crippen LogP contribution < -0.4 is 20.1 Å². The highest BCUT2D eigenvalue weighted by Crippen LogP contribution is 2.20. The van der Waals surface area contributed by atoms with Crippen molar-refractivity contribution in [2.24, 2.45) is 5.92 Å². The number of hydrogen-bond donors (Lipinski definition) is 2. The van der Waals surface area contributed by atoms with Gasteiger partial charge in [0.05, 0.1) is 18.8 Å². The Labute approximate surface area is 201 Å². The summed E-state index contributed by atoms with van der Waals surface area (Å²) in [5.74, 6) is 1.49. The van der Waals surface area contributed by atoms with Gasteiger partial charge in [-0.2, -0.15) is 0 Å². The lowest BCUT2D eigenvalue weighted by Gasteiger charge is -2.14. The van der Waals surface area contributed by atoms with Gasteiger partial charge in [0.1, 0.15) is 11.5 Å². The molecule has 0 spiro atoms. The first-order chi connectivity index (χ1) is 16.0. The molecule has 6 heteroatoms. The highest BCUT2D eigenvalue weighted by atomic mass is 32.1. The SMILES string of the molecule is CC(C)CCOc1ccccc1C(=O)NC(=S)Nc1cccc(OCCc2ccccc2)c1. The van der Waals surface area contributed by atoms with Gasteiger partial charge in [-0.1, -0.05) is 62.4 Å². The normalized spacial score (nSPS) is 10.5. The predicted octanol–water partition coefficient (Wildman–Crippen LogP) is 5.86. The van der Waals surface area contributed by atoms with Crippen molar-refractivity contribution in [3.05, 3.63) is 90.0 Å². The summed E-state index contributed by atoms with van der Waals surface area (Å²) in [7, 11) is 0. The molecule has 0 bridgehead atoms. The van der Waals surface area contributed by atoms with Gasteiger partial charge in [0.2, 0.25) is 0 Å². The van der Waals surface area contributed by atoms with E-state index in [-0.39, 0.29) is 11.0 Å². The van der Waals surface area contributed by atoms with Crippen molar-refractivity contribution in [3.63, 3.8) is 0 Å². The molecule has 0 aliphatic carbocycles. The fourth-order valence-electron chi connectivity index (χ4n) is 3.11. The maximum atomic E-state index is 12.8. The largest absolute Gasteiger partial charge is 0.493 e. The molecule has 5 nitrogen and oxygen atoms in total. The number of anilines is 1. The number of para-hydroxylation sites is 1. The van der Waals surface area contributed by atoms with E-state index < -0.39 is 0 Å². The zero-order valence-electron chi connectivity index (χ0n) is 19.0. The van der Waals surface area contributed by atoms with Crippen LogP contribution in [0.15, 0.2) is 78.9 Å². The molecule has 3 aromatic rings. The van der Waals surface area contributed by atoms with E-state index in [0.29, 0.717) is 30.4 Å². The summed E-state index contributed by atoms with van der Waals surface area (Å²) in [4.78, 5) is 12.8. The van der Waals surface area contributed by atoms with Crippen LogP contribution >= 0.6 is 12.2 Å². The topological polar surface area (TPSA) is 59.6 Å². The highest BCUT2D eigenvalue weighted by Gasteiger charge is 2.14. The fraction of sp³-hybridized carbons (Fsp3) is 0.259. The Hall–Kier alpha value is -3.38. The number of hydrogen-bond acceptors (Lipinski definition) is 4. The van der Waals surface area contributed by atoms with Crippen LogP contribution in [-0.2, 0) is 6.42 Å². The monoisotopic (exact) mass is 462 g/mol. The average molecular weight is 463 g/mol. The molecule has 0 saturated carbocycles. The first-order valence-corrected chi connectivity index (χ1v) is 11.5. The summed E-state index contributed by atoms with van der Waals surface area (Å²) in [6.45, 7) is 5.40. The minimum absolute atomic E-state index is 0.207. The van der Waals surface area contributed by atoms with Crippen molar-refractivity contribution >= 4 is 28.9 Å². The first-order valence-electron chi connectivity index (χ1n) is 11.1. The Kier molecular flexibility index (Phi) is 9.27. The van der Waals surface area contributed by atoms with Crippen molar-refractivity contribution in [2.45, 2.75) is 26.7 Å². The van der Waals surface area contributed by atoms with Crippen molar-refractivity contribution in [1.82, 2.24) is 5.32 Å². The van der Waals surface area contributed by atoms with Crippen LogP contribution in [0, 0.1) is 5.92 Å². The second kappa shape index (κ2) is 12.6. The van der Waals surface area contributed by atoms with Gasteiger partial charge < -0.3 is 14.8 Å². The van der Waals surface area contributed by atoms with E-state index in [2.05, 4.69) is 36.6 Å². The predicted molar refractivity (Wildman–Crippen MR) is 137 cm³/mol. The molecule has 2 N–H and O–H groups in total. The van der Waals surface area contributed by atoms with Crippen molar-refractivity contribution in [1.29, 1.82) is 0 Å². The van der Waals surface area contributed by atoms with Gasteiger partial charge in [0, 0.05) is 18.2 Å². The molecule has 0 heterocycles. The van der Waals surface area contributed by atoms with Crippen molar-refractivity contribution in [2.75, 3.05) is 18.5 Å². The Morgan fingerprint density at radius 1 is 0.909 bits per heavy atom. The molecule has 0 fully saturated rings. The van der Waals surface area contributed by atoms with Crippen molar-refractivity contribution < 1.29 is 14.3 Å². The molecular weight excluding hydrogens is 432 g/mol. The van der Waals surface area contributed by atoms with Crippen LogP contribution in [0.4, 0.5) is 5.69 Å². The molecule has 0 saturated heterocycles. The van der Waals surface area contributed by atoms with E-state index in [1.54, 1.807) is 18.2 Å². The molecule has 172 valence electrons. The molecule has 0 aliphatic heterocycles.